The average Bonchev–Trinajstić information content (AvgIpc) is 2.45. The van der Waals surface area contributed by atoms with Crippen molar-refractivity contribution in [2.24, 2.45) is 0 Å². The number of unbranched alkanes of at least 4 members (excludes halogenated alkanes) is 6. The standard InChI is InChI=1S/C17H36O4S.K/c1-3-5-9-14-17(22(19,20)21)15-11-8-7-10-13-16(18)12-6-4-2;/h16-18H,3-15H2,1-2H3,(H,19,20,21);/q;+1/p-1. The van der Waals surface area contributed by atoms with Crippen LogP contribution in [0.2, 0.25) is 0 Å². The Labute approximate surface area is 186 Å². The van der Waals surface area contributed by atoms with Gasteiger partial charge >= 0.3 is 51.4 Å². The van der Waals surface area contributed by atoms with Crippen LogP contribution in [-0.2, 0) is 10.1 Å². The molecule has 134 valence electrons. The van der Waals surface area contributed by atoms with E-state index in [1.54, 1.807) is 0 Å². The van der Waals surface area contributed by atoms with Crippen LogP contribution in [0, 0.1) is 0 Å². The topological polar surface area (TPSA) is 77.4 Å². The molecule has 0 saturated carbocycles. The molecule has 1 N–H and O–H groups in total. The third kappa shape index (κ3) is 16.7. The monoisotopic (exact) mass is 374 g/mol. The van der Waals surface area contributed by atoms with Crippen molar-refractivity contribution in [3.63, 3.8) is 0 Å². The van der Waals surface area contributed by atoms with Gasteiger partial charge in [0, 0.05) is 5.25 Å². The Kier molecular flexibility index (Phi) is 19.7. The fourth-order valence-electron chi connectivity index (χ4n) is 2.74. The van der Waals surface area contributed by atoms with Crippen molar-refractivity contribution in [2.45, 2.75) is 109 Å². The number of hydrogen-bond donors (Lipinski definition) is 1. The molecule has 4 nitrogen and oxygen atoms in total. The molecule has 0 heterocycles. The summed E-state index contributed by atoms with van der Waals surface area (Å²) in [5, 5.41) is 9.03. The Morgan fingerprint density at radius 3 is 1.70 bits per heavy atom. The summed E-state index contributed by atoms with van der Waals surface area (Å²) >= 11 is 0. The molecule has 0 amide bonds. The van der Waals surface area contributed by atoms with Gasteiger partial charge in [-0.2, -0.15) is 0 Å². The second-order valence-electron chi connectivity index (χ2n) is 6.40. The van der Waals surface area contributed by atoms with Crippen LogP contribution in [0.15, 0.2) is 0 Å². The van der Waals surface area contributed by atoms with E-state index in [1.807, 2.05) is 0 Å². The molecule has 0 aromatic heterocycles. The number of rotatable bonds is 15. The van der Waals surface area contributed by atoms with E-state index in [1.165, 1.54) is 0 Å². The Bertz CT molecular complexity index is 347. The van der Waals surface area contributed by atoms with E-state index in [9.17, 15) is 18.1 Å². The first kappa shape index (κ1) is 26.7. The predicted molar refractivity (Wildman–Crippen MR) is 90.9 cm³/mol. The SMILES string of the molecule is CCCCCC(CCCCCCC(O)CCCC)S(=O)(=O)[O-].[K+]. The zero-order valence-corrected chi connectivity index (χ0v) is 19.4. The summed E-state index contributed by atoms with van der Waals surface area (Å²) < 4.78 is 33.7. The van der Waals surface area contributed by atoms with E-state index >= 15 is 0 Å². The normalized spacial score (nSPS) is 14.3. The number of hydrogen-bond acceptors (Lipinski definition) is 4. The minimum absolute atomic E-state index is 0. The van der Waals surface area contributed by atoms with Gasteiger partial charge in [0.15, 0.2) is 0 Å². The Morgan fingerprint density at radius 1 is 0.783 bits per heavy atom. The molecule has 0 rings (SSSR count). The number of aliphatic hydroxyl groups excluding tert-OH is 1. The molecule has 23 heavy (non-hydrogen) atoms. The summed E-state index contributed by atoms with van der Waals surface area (Å²) in [6.07, 6.45) is 11.3. The van der Waals surface area contributed by atoms with Gasteiger partial charge in [-0.25, -0.2) is 8.42 Å². The van der Waals surface area contributed by atoms with Crippen molar-refractivity contribution in [3.8, 4) is 0 Å². The van der Waals surface area contributed by atoms with E-state index < -0.39 is 15.4 Å². The Balaban J connectivity index is 0. The van der Waals surface area contributed by atoms with Crippen LogP contribution in [0.5, 0.6) is 0 Å². The van der Waals surface area contributed by atoms with Gasteiger partial charge in [0.2, 0.25) is 0 Å². The first-order chi connectivity index (χ1) is 10.4. The second kappa shape index (κ2) is 16.9. The minimum Gasteiger partial charge on any atom is -0.748 e. The average molecular weight is 375 g/mol. The van der Waals surface area contributed by atoms with Gasteiger partial charge in [0.25, 0.3) is 0 Å². The molecular weight excluding hydrogens is 339 g/mol. The molecule has 0 radical (unpaired) electrons. The van der Waals surface area contributed by atoms with Crippen molar-refractivity contribution in [2.75, 3.05) is 0 Å². The third-order valence-electron chi connectivity index (χ3n) is 4.24. The van der Waals surface area contributed by atoms with Crippen LogP contribution >= 0.6 is 0 Å². The van der Waals surface area contributed by atoms with Gasteiger partial charge < -0.3 is 9.66 Å². The van der Waals surface area contributed by atoms with Crippen molar-refractivity contribution in [1.29, 1.82) is 0 Å². The van der Waals surface area contributed by atoms with E-state index in [2.05, 4.69) is 13.8 Å². The largest absolute Gasteiger partial charge is 1.00 e. The first-order valence-corrected chi connectivity index (χ1v) is 10.5. The van der Waals surface area contributed by atoms with E-state index in [0.717, 1.165) is 70.6 Å². The first-order valence-electron chi connectivity index (χ1n) is 9.04. The summed E-state index contributed by atoms with van der Waals surface area (Å²) in [6.45, 7) is 4.18. The summed E-state index contributed by atoms with van der Waals surface area (Å²) in [5.74, 6) is 0. The van der Waals surface area contributed by atoms with Crippen molar-refractivity contribution < 1.29 is 69.5 Å². The molecule has 0 spiro atoms. The molecule has 0 aromatic carbocycles. The van der Waals surface area contributed by atoms with Gasteiger partial charge in [-0.1, -0.05) is 71.6 Å². The molecule has 0 fully saturated rings. The molecule has 0 aliphatic heterocycles. The third-order valence-corrected chi connectivity index (χ3v) is 5.53. The zero-order chi connectivity index (χ0) is 16.8. The minimum atomic E-state index is -4.15. The smallest absolute Gasteiger partial charge is 0.748 e. The van der Waals surface area contributed by atoms with E-state index in [4.69, 9.17) is 0 Å². The molecule has 0 aliphatic rings. The Morgan fingerprint density at radius 2 is 1.22 bits per heavy atom. The van der Waals surface area contributed by atoms with Crippen molar-refractivity contribution in [3.05, 3.63) is 0 Å². The van der Waals surface area contributed by atoms with Crippen LogP contribution < -0.4 is 51.4 Å². The fraction of sp³-hybridized carbons (Fsp3) is 1.00. The molecule has 2 unspecified atom stereocenters. The van der Waals surface area contributed by atoms with Crippen LogP contribution in [0.4, 0.5) is 0 Å². The maximum absolute atomic E-state index is 11.2. The molecule has 0 aliphatic carbocycles. The van der Waals surface area contributed by atoms with E-state index in [-0.39, 0.29) is 57.5 Å². The van der Waals surface area contributed by atoms with Crippen LogP contribution in [-0.4, -0.2) is 29.4 Å². The summed E-state index contributed by atoms with van der Waals surface area (Å²) in [5.41, 5.74) is 0. The quantitative estimate of drug-likeness (QED) is 0.267. The van der Waals surface area contributed by atoms with Crippen molar-refractivity contribution in [1.82, 2.24) is 0 Å². The fourth-order valence-corrected chi connectivity index (χ4v) is 3.66. The van der Waals surface area contributed by atoms with Gasteiger partial charge in [0.1, 0.15) is 0 Å². The number of aliphatic hydroxyl groups is 1. The summed E-state index contributed by atoms with van der Waals surface area (Å²) in [6, 6.07) is 0. The van der Waals surface area contributed by atoms with Gasteiger partial charge in [-0.05, 0) is 25.7 Å². The Hall–Kier alpha value is 1.51. The second-order valence-corrected chi connectivity index (χ2v) is 8.05. The molecule has 0 aromatic rings. The van der Waals surface area contributed by atoms with Gasteiger partial charge in [0.05, 0.1) is 16.2 Å². The maximum Gasteiger partial charge on any atom is 1.00 e. The van der Waals surface area contributed by atoms with Crippen LogP contribution in [0.1, 0.15) is 97.3 Å². The van der Waals surface area contributed by atoms with Crippen molar-refractivity contribution >= 4 is 10.1 Å². The summed E-state index contributed by atoms with van der Waals surface area (Å²) in [7, 11) is -4.15. The van der Waals surface area contributed by atoms with Gasteiger partial charge in [-0.15, -0.1) is 0 Å². The molecule has 6 heteroatoms. The zero-order valence-electron chi connectivity index (χ0n) is 15.4. The van der Waals surface area contributed by atoms with E-state index in [0.29, 0.717) is 12.8 Å². The molecular formula is C17H35KO4S. The summed E-state index contributed by atoms with van der Waals surface area (Å²) in [4.78, 5) is 0. The molecule has 0 bridgehead atoms. The predicted octanol–water partition coefficient (Wildman–Crippen LogP) is 1.38. The van der Waals surface area contributed by atoms with Gasteiger partial charge in [-0.3, -0.25) is 0 Å². The van der Waals surface area contributed by atoms with Crippen LogP contribution in [0.3, 0.4) is 0 Å². The maximum atomic E-state index is 11.2. The van der Waals surface area contributed by atoms with Crippen LogP contribution in [0.25, 0.3) is 0 Å². The molecule has 2 atom stereocenters. The molecule has 0 saturated heterocycles.